The third-order valence-electron chi connectivity index (χ3n) is 4.95. The van der Waals surface area contributed by atoms with Crippen molar-refractivity contribution in [2.24, 2.45) is 5.92 Å². The molecule has 4 N–H and O–H groups in total. The van der Waals surface area contributed by atoms with Gasteiger partial charge in [-0.15, -0.1) is 0 Å². The lowest BCUT2D eigenvalue weighted by molar-refractivity contribution is -0.135. The summed E-state index contributed by atoms with van der Waals surface area (Å²) >= 11 is 0. The van der Waals surface area contributed by atoms with Crippen LogP contribution in [0.2, 0.25) is 0 Å². The maximum atomic E-state index is 12.6. The van der Waals surface area contributed by atoms with Crippen molar-refractivity contribution in [2.75, 3.05) is 6.67 Å². The van der Waals surface area contributed by atoms with Crippen molar-refractivity contribution >= 4 is 17.7 Å². The van der Waals surface area contributed by atoms with Crippen LogP contribution in [-0.4, -0.2) is 29.6 Å². The Hall–Kier alpha value is -3.91. The first kappa shape index (κ1) is 22.8. The van der Waals surface area contributed by atoms with E-state index in [9.17, 15) is 14.4 Å². The molecule has 3 amide bonds. The lowest BCUT2D eigenvalue weighted by atomic mass is 9.95. The molecule has 0 saturated carbocycles. The number of hydrogen-bond donors (Lipinski definition) is 4. The highest BCUT2D eigenvalue weighted by molar-refractivity contribution is 5.92. The van der Waals surface area contributed by atoms with E-state index in [1.165, 1.54) is 0 Å². The highest BCUT2D eigenvalue weighted by Gasteiger charge is 2.22. The molecule has 1 heterocycles. The molecule has 0 spiro atoms. The summed E-state index contributed by atoms with van der Waals surface area (Å²) in [4.78, 5) is 36.5. The lowest BCUT2D eigenvalue weighted by Crippen LogP contribution is -2.41. The number of rotatable bonds is 10. The minimum absolute atomic E-state index is 0.123. The van der Waals surface area contributed by atoms with Gasteiger partial charge >= 0.3 is 0 Å². The number of hydroxylamine groups is 1. The number of benzene rings is 2. The molecule has 0 aliphatic carbocycles. The summed E-state index contributed by atoms with van der Waals surface area (Å²) in [5.41, 5.74) is 3.45. The van der Waals surface area contributed by atoms with Gasteiger partial charge in [-0.25, -0.2) is 5.48 Å². The average molecular weight is 435 g/mol. The van der Waals surface area contributed by atoms with Crippen molar-refractivity contribution in [3.8, 4) is 11.3 Å². The topological polar surface area (TPSA) is 121 Å². The van der Waals surface area contributed by atoms with E-state index in [-0.39, 0.29) is 18.8 Å². The Morgan fingerprint density at radius 3 is 2.25 bits per heavy atom. The Morgan fingerprint density at radius 2 is 1.56 bits per heavy atom. The first-order valence-corrected chi connectivity index (χ1v) is 10.2. The van der Waals surface area contributed by atoms with Crippen LogP contribution in [0.1, 0.15) is 29.0 Å². The average Bonchev–Trinajstić information content (AvgIpc) is 3.33. The van der Waals surface area contributed by atoms with E-state index in [0.29, 0.717) is 18.6 Å². The van der Waals surface area contributed by atoms with Crippen LogP contribution in [0.4, 0.5) is 0 Å². The summed E-state index contributed by atoms with van der Waals surface area (Å²) in [6.07, 6.45) is 0.843. The summed E-state index contributed by atoms with van der Waals surface area (Å²) < 4.78 is 5.59. The quantitative estimate of drug-likeness (QED) is 0.222. The molecule has 3 rings (SSSR count). The molecule has 0 aliphatic heterocycles. The van der Waals surface area contributed by atoms with Gasteiger partial charge in [-0.2, -0.15) is 0 Å². The van der Waals surface area contributed by atoms with Crippen molar-refractivity contribution in [3.05, 3.63) is 84.1 Å². The largest absolute Gasteiger partial charge is 0.451 e. The van der Waals surface area contributed by atoms with E-state index in [4.69, 9.17) is 9.62 Å². The number of carbonyl (C=O) groups is 3. The number of furan rings is 1. The second-order valence-corrected chi connectivity index (χ2v) is 7.21. The van der Waals surface area contributed by atoms with E-state index in [1.807, 2.05) is 60.7 Å². The van der Waals surface area contributed by atoms with Gasteiger partial charge in [-0.05, 0) is 30.5 Å². The van der Waals surface area contributed by atoms with Gasteiger partial charge in [0.05, 0.1) is 6.67 Å². The highest BCUT2D eigenvalue weighted by Crippen LogP contribution is 2.21. The van der Waals surface area contributed by atoms with Gasteiger partial charge in [0.15, 0.2) is 5.76 Å². The monoisotopic (exact) mass is 435 g/mol. The van der Waals surface area contributed by atoms with E-state index < -0.39 is 23.6 Å². The van der Waals surface area contributed by atoms with Gasteiger partial charge in [0.2, 0.25) is 11.8 Å². The third kappa shape index (κ3) is 6.55. The predicted molar refractivity (Wildman–Crippen MR) is 117 cm³/mol. The number of hydrogen-bond acceptors (Lipinski definition) is 5. The fourth-order valence-corrected chi connectivity index (χ4v) is 3.24. The van der Waals surface area contributed by atoms with Crippen molar-refractivity contribution in [3.63, 3.8) is 0 Å². The zero-order chi connectivity index (χ0) is 22.8. The molecule has 0 fully saturated rings. The Kier molecular flexibility index (Phi) is 8.16. The lowest BCUT2D eigenvalue weighted by Gasteiger charge is -2.16. The molecule has 8 nitrogen and oxygen atoms in total. The minimum atomic E-state index is -0.660. The molecule has 0 radical (unpaired) electrons. The minimum Gasteiger partial charge on any atom is -0.451 e. The Balaban J connectivity index is 1.51. The molecule has 1 aromatic heterocycles. The van der Waals surface area contributed by atoms with E-state index >= 15 is 0 Å². The van der Waals surface area contributed by atoms with E-state index in [0.717, 1.165) is 11.1 Å². The summed E-state index contributed by atoms with van der Waals surface area (Å²) in [6, 6.07) is 22.2. The molecule has 2 aromatic carbocycles. The second-order valence-electron chi connectivity index (χ2n) is 7.21. The molecule has 3 aromatic rings. The summed E-state index contributed by atoms with van der Waals surface area (Å²) in [7, 11) is 0. The smallest absolute Gasteiger partial charge is 0.288 e. The second kappa shape index (κ2) is 11.5. The molecular weight excluding hydrogens is 410 g/mol. The molecule has 0 saturated heterocycles. The van der Waals surface area contributed by atoms with Gasteiger partial charge < -0.3 is 15.1 Å². The van der Waals surface area contributed by atoms with Gasteiger partial charge in [0, 0.05) is 17.9 Å². The van der Waals surface area contributed by atoms with Crippen LogP contribution < -0.4 is 16.1 Å². The summed E-state index contributed by atoms with van der Waals surface area (Å²) in [5.74, 6) is -1.48. The number of aryl methyl sites for hydroxylation is 1. The summed E-state index contributed by atoms with van der Waals surface area (Å²) in [6.45, 7) is -0.123. The Morgan fingerprint density at radius 1 is 0.875 bits per heavy atom. The van der Waals surface area contributed by atoms with E-state index in [1.54, 1.807) is 17.6 Å². The fourth-order valence-electron chi connectivity index (χ4n) is 3.24. The fraction of sp³-hybridized carbons (Fsp3) is 0.208. The molecular formula is C24H25N3O5. The third-order valence-corrected chi connectivity index (χ3v) is 4.95. The van der Waals surface area contributed by atoms with E-state index in [2.05, 4.69) is 10.6 Å². The summed E-state index contributed by atoms with van der Waals surface area (Å²) in [5, 5.41) is 14.0. The van der Waals surface area contributed by atoms with Crippen molar-refractivity contribution in [1.82, 2.24) is 16.1 Å². The van der Waals surface area contributed by atoms with Crippen LogP contribution in [0.3, 0.4) is 0 Å². The molecule has 0 unspecified atom stereocenters. The van der Waals surface area contributed by atoms with Crippen molar-refractivity contribution < 1.29 is 24.0 Å². The first-order chi connectivity index (χ1) is 15.6. The van der Waals surface area contributed by atoms with Crippen molar-refractivity contribution in [1.29, 1.82) is 0 Å². The molecule has 166 valence electrons. The van der Waals surface area contributed by atoms with Gasteiger partial charge in [-0.1, -0.05) is 60.7 Å². The van der Waals surface area contributed by atoms with Gasteiger partial charge in [0.25, 0.3) is 5.91 Å². The molecule has 8 heteroatoms. The molecule has 0 bridgehead atoms. The number of amides is 3. The highest BCUT2D eigenvalue weighted by atomic mass is 16.5. The maximum Gasteiger partial charge on any atom is 0.288 e. The Bertz CT molecular complexity index is 1030. The van der Waals surface area contributed by atoms with Crippen molar-refractivity contribution in [2.45, 2.75) is 19.3 Å². The van der Waals surface area contributed by atoms with Crippen LogP contribution in [0, 0.1) is 5.92 Å². The first-order valence-electron chi connectivity index (χ1n) is 10.2. The zero-order valence-electron chi connectivity index (χ0n) is 17.4. The van der Waals surface area contributed by atoms with Crippen LogP contribution in [0.15, 0.2) is 77.2 Å². The number of nitrogens with one attached hydrogen (secondary N) is 3. The standard InChI is InChI=1S/C24H25N3O5/c28-22(27-31)15-19(12-11-17-7-3-1-4-8-17)23(29)25-16-26-24(30)21-14-13-20(32-21)18-9-5-2-6-10-18/h1-10,13-14,19,31H,11-12,15-16H2,(H,25,29)(H,26,30)(H,27,28)/t19-/m1/s1. The van der Waals surface area contributed by atoms with Crippen LogP contribution in [0.25, 0.3) is 11.3 Å². The van der Waals surface area contributed by atoms with Crippen LogP contribution in [-0.2, 0) is 16.0 Å². The number of carbonyl (C=O) groups excluding carboxylic acids is 3. The van der Waals surface area contributed by atoms with Crippen LogP contribution in [0.5, 0.6) is 0 Å². The van der Waals surface area contributed by atoms with Gasteiger partial charge in [-0.3, -0.25) is 19.6 Å². The SMILES string of the molecule is O=C(C[C@@H](CCc1ccccc1)C(=O)NCNC(=O)c1ccc(-c2ccccc2)o1)NO. The zero-order valence-corrected chi connectivity index (χ0v) is 17.4. The molecule has 1 atom stereocenters. The Labute approximate surface area is 185 Å². The normalized spacial score (nSPS) is 11.4. The predicted octanol–water partition coefficient (Wildman–Crippen LogP) is 2.89. The van der Waals surface area contributed by atoms with Gasteiger partial charge in [0.1, 0.15) is 5.76 Å². The molecule has 0 aliphatic rings. The maximum absolute atomic E-state index is 12.6. The van der Waals surface area contributed by atoms with Crippen LogP contribution >= 0.6 is 0 Å². The molecule has 32 heavy (non-hydrogen) atoms.